The molecule has 0 saturated carbocycles. The maximum absolute atomic E-state index is 10.9. The first kappa shape index (κ1) is 6.89. The second kappa shape index (κ2) is 4.06. The Labute approximate surface area is 43.4 Å². The minimum absolute atomic E-state index is 0.234. The van der Waals surface area contributed by atoms with E-state index in [0.717, 1.165) is 6.42 Å². The highest BCUT2D eigenvalue weighted by atomic mass is 19.3. The van der Waals surface area contributed by atoms with Gasteiger partial charge >= 0.3 is 0 Å². The maximum Gasteiger partial charge on any atom is 0.0878 e. The minimum atomic E-state index is 0.234. The Hall–Kier alpha value is -0.110. The van der Waals surface area contributed by atoms with E-state index in [2.05, 4.69) is 4.94 Å². The SMILES string of the molecule is CC(C)CCOF. The van der Waals surface area contributed by atoms with Gasteiger partial charge in [-0.15, -0.1) is 0 Å². The highest BCUT2D eigenvalue weighted by molar-refractivity contribution is 4.39. The average Bonchev–Trinajstić information content (AvgIpc) is 1.61. The van der Waals surface area contributed by atoms with E-state index in [0.29, 0.717) is 5.92 Å². The largest absolute Gasteiger partial charge is 0.194 e. The zero-order valence-corrected chi connectivity index (χ0v) is 4.78. The predicted molar refractivity (Wildman–Crippen MR) is 26.5 cm³/mol. The minimum Gasteiger partial charge on any atom is -0.194 e. The highest BCUT2D eigenvalue weighted by Crippen LogP contribution is 1.97. The van der Waals surface area contributed by atoms with Gasteiger partial charge in [-0.1, -0.05) is 13.8 Å². The van der Waals surface area contributed by atoms with Gasteiger partial charge in [0, 0.05) is 0 Å². The number of halogens is 1. The standard InChI is InChI=1S/C5H11FO/c1-5(2)3-4-7-6/h5H,3-4H2,1-2H3. The van der Waals surface area contributed by atoms with Crippen LogP contribution in [0.4, 0.5) is 4.53 Å². The fourth-order valence-corrected chi connectivity index (χ4v) is 0.280. The van der Waals surface area contributed by atoms with Crippen molar-refractivity contribution in [3.63, 3.8) is 0 Å². The number of rotatable bonds is 3. The van der Waals surface area contributed by atoms with E-state index in [4.69, 9.17) is 0 Å². The summed E-state index contributed by atoms with van der Waals surface area (Å²) in [6, 6.07) is 0. The van der Waals surface area contributed by atoms with Crippen molar-refractivity contribution in [3.8, 4) is 0 Å². The Morgan fingerprint density at radius 1 is 1.57 bits per heavy atom. The molecule has 0 aromatic rings. The highest BCUT2D eigenvalue weighted by Gasteiger charge is 1.90. The molecule has 0 aromatic heterocycles. The molecule has 0 heterocycles. The molecule has 0 aliphatic carbocycles. The molecule has 1 nitrogen and oxygen atoms in total. The summed E-state index contributed by atoms with van der Waals surface area (Å²) in [6.07, 6.45) is 0.802. The van der Waals surface area contributed by atoms with Crippen LogP contribution in [0.25, 0.3) is 0 Å². The lowest BCUT2D eigenvalue weighted by molar-refractivity contribution is -0.134. The summed E-state index contributed by atoms with van der Waals surface area (Å²) in [7, 11) is 0. The van der Waals surface area contributed by atoms with Crippen LogP contribution in [0.1, 0.15) is 20.3 Å². The van der Waals surface area contributed by atoms with Crippen molar-refractivity contribution in [2.75, 3.05) is 6.61 Å². The van der Waals surface area contributed by atoms with E-state index in [9.17, 15) is 4.53 Å². The Bertz CT molecular complexity index is 37.1. The van der Waals surface area contributed by atoms with Crippen LogP contribution in [0.5, 0.6) is 0 Å². The van der Waals surface area contributed by atoms with Gasteiger partial charge in [-0.3, -0.25) is 0 Å². The first-order chi connectivity index (χ1) is 3.27. The Balaban J connectivity index is 2.68. The molecule has 0 spiro atoms. The van der Waals surface area contributed by atoms with Crippen LogP contribution in [-0.2, 0) is 4.94 Å². The molecule has 0 aromatic carbocycles. The summed E-state index contributed by atoms with van der Waals surface area (Å²) in [5.41, 5.74) is 0. The van der Waals surface area contributed by atoms with Gasteiger partial charge in [-0.2, -0.15) is 4.94 Å². The fraction of sp³-hybridized carbons (Fsp3) is 1.00. The molecule has 0 bridgehead atoms. The van der Waals surface area contributed by atoms with Crippen molar-refractivity contribution in [1.29, 1.82) is 0 Å². The predicted octanol–water partition coefficient (Wildman–Crippen LogP) is 1.93. The molecule has 0 aliphatic heterocycles. The molecule has 0 saturated heterocycles. The molecule has 2 heteroatoms. The normalized spacial score (nSPS) is 10.3. The third-order valence-corrected chi connectivity index (χ3v) is 0.772. The summed E-state index contributed by atoms with van der Waals surface area (Å²) in [5.74, 6) is 0.538. The molecule has 0 radical (unpaired) electrons. The zero-order chi connectivity index (χ0) is 5.70. The molecular formula is C5H11FO. The molecule has 0 rings (SSSR count). The van der Waals surface area contributed by atoms with Gasteiger partial charge in [0.15, 0.2) is 0 Å². The molecule has 0 atom stereocenters. The van der Waals surface area contributed by atoms with Crippen LogP contribution in [0, 0.1) is 5.92 Å². The lowest BCUT2D eigenvalue weighted by Crippen LogP contribution is -1.91. The Kier molecular flexibility index (Phi) is 4.00. The monoisotopic (exact) mass is 106 g/mol. The van der Waals surface area contributed by atoms with Crippen molar-refractivity contribution < 1.29 is 9.47 Å². The third-order valence-electron chi connectivity index (χ3n) is 0.772. The molecule has 0 amide bonds. The summed E-state index contributed by atoms with van der Waals surface area (Å²) in [4.78, 5) is 3.35. The first-order valence-corrected chi connectivity index (χ1v) is 2.51. The molecule has 7 heavy (non-hydrogen) atoms. The van der Waals surface area contributed by atoms with Crippen molar-refractivity contribution in [2.45, 2.75) is 20.3 Å². The molecule has 0 N–H and O–H groups in total. The van der Waals surface area contributed by atoms with Gasteiger partial charge in [-0.05, 0) is 16.9 Å². The Morgan fingerprint density at radius 2 is 2.14 bits per heavy atom. The molecule has 0 fully saturated rings. The van der Waals surface area contributed by atoms with E-state index < -0.39 is 0 Å². The van der Waals surface area contributed by atoms with Crippen LogP contribution >= 0.6 is 0 Å². The second-order valence-corrected chi connectivity index (χ2v) is 2.00. The van der Waals surface area contributed by atoms with Crippen molar-refractivity contribution in [2.24, 2.45) is 5.92 Å². The van der Waals surface area contributed by atoms with Crippen LogP contribution in [0.15, 0.2) is 0 Å². The van der Waals surface area contributed by atoms with Gasteiger partial charge < -0.3 is 0 Å². The van der Waals surface area contributed by atoms with E-state index in [1.54, 1.807) is 0 Å². The summed E-state index contributed by atoms with van der Waals surface area (Å²) in [5, 5.41) is 0. The lowest BCUT2D eigenvalue weighted by atomic mass is 10.2. The second-order valence-electron chi connectivity index (χ2n) is 2.00. The molecule has 0 unspecified atom stereocenters. The Morgan fingerprint density at radius 3 is 2.29 bits per heavy atom. The van der Waals surface area contributed by atoms with Crippen LogP contribution < -0.4 is 0 Å². The fourth-order valence-electron chi connectivity index (χ4n) is 0.280. The van der Waals surface area contributed by atoms with E-state index in [1.165, 1.54) is 0 Å². The summed E-state index contributed by atoms with van der Waals surface area (Å²) >= 11 is 0. The van der Waals surface area contributed by atoms with Crippen LogP contribution in [0.2, 0.25) is 0 Å². The van der Waals surface area contributed by atoms with Crippen LogP contribution in [-0.4, -0.2) is 6.61 Å². The zero-order valence-electron chi connectivity index (χ0n) is 4.78. The third kappa shape index (κ3) is 5.89. The topological polar surface area (TPSA) is 9.23 Å². The van der Waals surface area contributed by atoms with E-state index in [1.807, 2.05) is 13.8 Å². The molecule has 0 aliphatic rings. The van der Waals surface area contributed by atoms with Crippen molar-refractivity contribution in [1.82, 2.24) is 0 Å². The smallest absolute Gasteiger partial charge is 0.0878 e. The van der Waals surface area contributed by atoms with Crippen molar-refractivity contribution >= 4 is 0 Å². The summed E-state index contributed by atoms with van der Waals surface area (Å²) in [6.45, 7) is 4.29. The summed E-state index contributed by atoms with van der Waals surface area (Å²) < 4.78 is 10.9. The van der Waals surface area contributed by atoms with E-state index >= 15 is 0 Å². The number of hydrogen-bond donors (Lipinski definition) is 0. The maximum atomic E-state index is 10.9. The van der Waals surface area contributed by atoms with Crippen LogP contribution in [0.3, 0.4) is 0 Å². The van der Waals surface area contributed by atoms with Gasteiger partial charge in [0.05, 0.1) is 6.61 Å². The average molecular weight is 106 g/mol. The molecule has 44 valence electrons. The van der Waals surface area contributed by atoms with E-state index in [-0.39, 0.29) is 6.61 Å². The van der Waals surface area contributed by atoms with Crippen molar-refractivity contribution in [3.05, 3.63) is 0 Å². The lowest BCUT2D eigenvalue weighted by Gasteiger charge is -1.97. The quantitative estimate of drug-likeness (QED) is 0.534. The molecular weight excluding hydrogens is 95.1 g/mol. The van der Waals surface area contributed by atoms with Gasteiger partial charge in [-0.25, -0.2) is 0 Å². The number of hydrogen-bond acceptors (Lipinski definition) is 1. The first-order valence-electron chi connectivity index (χ1n) is 2.51. The van der Waals surface area contributed by atoms with Gasteiger partial charge in [0.25, 0.3) is 0 Å². The van der Waals surface area contributed by atoms with Gasteiger partial charge in [0.1, 0.15) is 0 Å². The van der Waals surface area contributed by atoms with Gasteiger partial charge in [0.2, 0.25) is 0 Å².